The number of ether oxygens (including phenoxy) is 2. The summed E-state index contributed by atoms with van der Waals surface area (Å²) in [5.74, 6) is 0.953. The molecule has 0 spiro atoms. The predicted octanol–water partition coefficient (Wildman–Crippen LogP) is 12.5. The second kappa shape index (κ2) is 23.8. The van der Waals surface area contributed by atoms with Crippen LogP contribution in [0.4, 0.5) is 0 Å². The summed E-state index contributed by atoms with van der Waals surface area (Å²) in [6, 6.07) is 33.2. The summed E-state index contributed by atoms with van der Waals surface area (Å²) in [5, 5.41) is 0. The van der Waals surface area contributed by atoms with E-state index in [2.05, 4.69) is 190 Å². The van der Waals surface area contributed by atoms with Gasteiger partial charge in [-0.3, -0.25) is 0 Å². The zero-order valence-electron chi connectivity index (χ0n) is 40.3. The molecule has 0 atom stereocenters. The molecule has 0 aliphatic rings. The molecule has 4 aromatic rings. The van der Waals surface area contributed by atoms with Gasteiger partial charge >= 0.3 is 11.9 Å². The van der Waals surface area contributed by atoms with Crippen molar-refractivity contribution in [2.45, 2.75) is 120 Å². The van der Waals surface area contributed by atoms with Gasteiger partial charge in [-0.05, 0) is 90.1 Å². The summed E-state index contributed by atoms with van der Waals surface area (Å²) in [6.45, 7) is 32.1. The highest BCUT2D eigenvalue weighted by Gasteiger charge is 2.40. The fourth-order valence-electron chi connectivity index (χ4n) is 8.77. The van der Waals surface area contributed by atoms with Crippen molar-refractivity contribution in [1.29, 1.82) is 0 Å². The Labute approximate surface area is 376 Å². The highest BCUT2D eigenvalue weighted by molar-refractivity contribution is 5.92. The van der Waals surface area contributed by atoms with Crippen LogP contribution in [0, 0.1) is 51.4 Å². The molecule has 0 bridgehead atoms. The second-order valence-corrected chi connectivity index (χ2v) is 19.6. The minimum atomic E-state index is -1.08. The summed E-state index contributed by atoms with van der Waals surface area (Å²) in [6.07, 6.45) is 5.27. The number of hydrogen-bond acceptors (Lipinski definition) is 6. The first-order valence-electron chi connectivity index (χ1n) is 23.3. The third-order valence-electron chi connectivity index (χ3n) is 11.5. The zero-order valence-corrected chi connectivity index (χ0v) is 40.3. The first kappa shape index (κ1) is 50.1. The van der Waals surface area contributed by atoms with Crippen molar-refractivity contribution < 1.29 is 19.1 Å². The van der Waals surface area contributed by atoms with E-state index in [1.165, 1.54) is 12.2 Å². The molecule has 0 aliphatic heterocycles. The SMILES string of the molecule is Cc1ccc(C(CCCN(CC(C)C)CC(C)C)(OC(=O)/C=C\C(=O)OC(CCCN(CC(C)C)CC(C)C)(c2ccc(C)cc2)c2ccc(C)cc2)c2ccc(C)cc2)cc1. The van der Waals surface area contributed by atoms with Crippen molar-refractivity contribution in [2.24, 2.45) is 23.7 Å². The number of benzene rings is 4. The van der Waals surface area contributed by atoms with Crippen LogP contribution in [0.1, 0.15) is 126 Å². The minimum absolute atomic E-state index is 0.538. The molecule has 6 nitrogen and oxygen atoms in total. The molecule has 336 valence electrons. The summed E-state index contributed by atoms with van der Waals surface area (Å²) in [4.78, 5) is 33.7. The van der Waals surface area contributed by atoms with Gasteiger partial charge in [0.1, 0.15) is 0 Å². The average Bonchev–Trinajstić information content (AvgIpc) is 3.19. The molecule has 0 amide bonds. The van der Waals surface area contributed by atoms with Crippen molar-refractivity contribution in [3.63, 3.8) is 0 Å². The molecular formula is C56H78N2O4. The number of esters is 2. The molecule has 0 saturated carbocycles. The van der Waals surface area contributed by atoms with Crippen LogP contribution >= 0.6 is 0 Å². The number of carbonyl (C=O) groups is 2. The van der Waals surface area contributed by atoms with Crippen LogP contribution in [0.2, 0.25) is 0 Å². The normalized spacial score (nSPS) is 12.5. The van der Waals surface area contributed by atoms with Gasteiger partial charge in [0.25, 0.3) is 0 Å². The van der Waals surface area contributed by atoms with E-state index in [9.17, 15) is 9.59 Å². The number of hydrogen-bond donors (Lipinski definition) is 0. The second-order valence-electron chi connectivity index (χ2n) is 19.6. The Kier molecular flexibility index (Phi) is 19.2. The summed E-state index contributed by atoms with van der Waals surface area (Å²) in [5.41, 5.74) is 5.93. The summed E-state index contributed by atoms with van der Waals surface area (Å²) >= 11 is 0. The Morgan fingerprint density at radius 1 is 0.435 bits per heavy atom. The van der Waals surface area contributed by atoms with Crippen molar-refractivity contribution in [3.8, 4) is 0 Å². The standard InChI is InChI=1S/C56H78N2O4/c1-41(2)37-57(38-42(3)4)35-13-33-55(49-23-15-45(9)16-24-49,50-25-17-46(10)18-26-50)61-53(59)31-32-54(60)62-56(51-27-19-47(11)20-28-51,52-29-21-48(12)22-30-52)34-14-36-58(39-43(5)6)40-44(7)8/h15-32,41-44H,13-14,33-40H2,1-12H3/b32-31-. The number of rotatable bonds is 24. The van der Waals surface area contributed by atoms with Gasteiger partial charge in [-0.15, -0.1) is 0 Å². The van der Waals surface area contributed by atoms with E-state index < -0.39 is 23.1 Å². The summed E-state index contributed by atoms with van der Waals surface area (Å²) in [7, 11) is 0. The van der Waals surface area contributed by atoms with Gasteiger partial charge in [-0.1, -0.05) is 175 Å². The van der Waals surface area contributed by atoms with Gasteiger partial charge in [0.05, 0.1) is 0 Å². The molecule has 0 radical (unpaired) electrons. The van der Waals surface area contributed by atoms with Crippen LogP contribution in [-0.4, -0.2) is 61.0 Å². The molecule has 0 aliphatic carbocycles. The zero-order chi connectivity index (χ0) is 45.5. The van der Waals surface area contributed by atoms with E-state index >= 15 is 0 Å². The van der Waals surface area contributed by atoms with Crippen molar-refractivity contribution in [3.05, 3.63) is 154 Å². The van der Waals surface area contributed by atoms with E-state index in [1.807, 2.05) is 0 Å². The Morgan fingerprint density at radius 2 is 0.661 bits per heavy atom. The van der Waals surface area contributed by atoms with Gasteiger partial charge in [-0.25, -0.2) is 9.59 Å². The van der Waals surface area contributed by atoms with Crippen LogP contribution in [0.3, 0.4) is 0 Å². The van der Waals surface area contributed by atoms with E-state index in [4.69, 9.17) is 9.47 Å². The van der Waals surface area contributed by atoms with E-state index in [0.717, 1.165) is 96.6 Å². The molecule has 0 saturated heterocycles. The summed E-state index contributed by atoms with van der Waals surface area (Å²) < 4.78 is 13.4. The predicted molar refractivity (Wildman–Crippen MR) is 258 cm³/mol. The molecule has 6 heteroatoms. The first-order chi connectivity index (χ1) is 29.4. The third kappa shape index (κ3) is 15.1. The van der Waals surface area contributed by atoms with Gasteiger partial charge < -0.3 is 19.3 Å². The molecule has 62 heavy (non-hydrogen) atoms. The monoisotopic (exact) mass is 843 g/mol. The van der Waals surface area contributed by atoms with Crippen LogP contribution in [-0.2, 0) is 30.3 Å². The van der Waals surface area contributed by atoms with Gasteiger partial charge in [-0.2, -0.15) is 0 Å². The Hall–Kier alpha value is -4.52. The lowest BCUT2D eigenvalue weighted by Gasteiger charge is -2.36. The minimum Gasteiger partial charge on any atom is -0.446 e. The van der Waals surface area contributed by atoms with Crippen LogP contribution < -0.4 is 0 Å². The smallest absolute Gasteiger partial charge is 0.332 e. The van der Waals surface area contributed by atoms with Crippen LogP contribution in [0.15, 0.2) is 109 Å². The lowest BCUT2D eigenvalue weighted by atomic mass is 9.81. The average molecular weight is 843 g/mol. The third-order valence-corrected chi connectivity index (χ3v) is 11.5. The highest BCUT2D eigenvalue weighted by atomic mass is 16.6. The van der Waals surface area contributed by atoms with Crippen LogP contribution in [0.5, 0.6) is 0 Å². The molecule has 0 fully saturated rings. The van der Waals surface area contributed by atoms with Crippen molar-refractivity contribution in [2.75, 3.05) is 39.3 Å². The number of carbonyl (C=O) groups excluding carboxylic acids is 2. The van der Waals surface area contributed by atoms with Crippen molar-refractivity contribution in [1.82, 2.24) is 9.80 Å². The topological polar surface area (TPSA) is 59.1 Å². The molecule has 4 rings (SSSR count). The maximum atomic E-state index is 14.3. The Bertz CT molecular complexity index is 1720. The van der Waals surface area contributed by atoms with E-state index in [-0.39, 0.29) is 0 Å². The number of aryl methyl sites for hydroxylation is 4. The molecule has 0 aromatic heterocycles. The maximum Gasteiger partial charge on any atom is 0.332 e. The van der Waals surface area contributed by atoms with Gasteiger partial charge in [0.2, 0.25) is 0 Å². The fraction of sp³-hybridized carbons (Fsp3) is 0.500. The lowest BCUT2D eigenvalue weighted by Crippen LogP contribution is -2.37. The molecular weight excluding hydrogens is 765 g/mol. The molecule has 0 unspecified atom stereocenters. The maximum absolute atomic E-state index is 14.3. The largest absolute Gasteiger partial charge is 0.446 e. The van der Waals surface area contributed by atoms with Crippen LogP contribution in [0.25, 0.3) is 0 Å². The Balaban J connectivity index is 1.72. The molecule has 0 N–H and O–H groups in total. The highest BCUT2D eigenvalue weighted by Crippen LogP contribution is 2.41. The van der Waals surface area contributed by atoms with E-state index in [1.54, 1.807) is 0 Å². The quantitative estimate of drug-likeness (QED) is 0.0517. The van der Waals surface area contributed by atoms with E-state index in [0.29, 0.717) is 36.5 Å². The first-order valence-corrected chi connectivity index (χ1v) is 23.3. The van der Waals surface area contributed by atoms with Gasteiger partial charge in [0, 0.05) is 60.6 Å². The Morgan fingerprint density at radius 3 is 0.871 bits per heavy atom. The van der Waals surface area contributed by atoms with Crippen molar-refractivity contribution >= 4 is 11.9 Å². The molecule has 0 heterocycles. The fourth-order valence-corrected chi connectivity index (χ4v) is 8.77. The van der Waals surface area contributed by atoms with Gasteiger partial charge in [0.15, 0.2) is 11.2 Å². The number of nitrogens with zero attached hydrogens (tertiary/aromatic N) is 2. The lowest BCUT2D eigenvalue weighted by molar-refractivity contribution is -0.154. The molecule has 4 aromatic carbocycles.